The summed E-state index contributed by atoms with van der Waals surface area (Å²) in [6, 6.07) is 7.68. The minimum atomic E-state index is -1.27. The number of allylic oxidation sites excluding steroid dienone is 1. The molecule has 226 valence electrons. The zero-order valence-corrected chi connectivity index (χ0v) is 24.2. The van der Waals surface area contributed by atoms with E-state index in [9.17, 15) is 24.3 Å². The van der Waals surface area contributed by atoms with Crippen molar-refractivity contribution in [3.63, 3.8) is 0 Å². The van der Waals surface area contributed by atoms with Crippen molar-refractivity contribution in [2.24, 2.45) is 11.8 Å². The lowest BCUT2D eigenvalue weighted by molar-refractivity contribution is -0.148. The fourth-order valence-electron chi connectivity index (χ4n) is 6.69. The highest BCUT2D eigenvalue weighted by molar-refractivity contribution is 6.00. The third-order valence-corrected chi connectivity index (χ3v) is 8.75. The number of cyclic esters (lactones) is 1. The first-order valence-corrected chi connectivity index (χ1v) is 15.1. The number of nitrogens with one attached hydrogen (secondary N) is 1. The lowest BCUT2D eigenvalue weighted by Crippen LogP contribution is -2.56. The molecule has 1 aromatic carbocycles. The van der Waals surface area contributed by atoms with Crippen LogP contribution >= 0.6 is 0 Å². The van der Waals surface area contributed by atoms with Crippen LogP contribution in [0, 0.1) is 11.8 Å². The Morgan fingerprint density at radius 3 is 2.60 bits per heavy atom. The summed E-state index contributed by atoms with van der Waals surface area (Å²) in [4.78, 5) is 58.2. The first-order valence-electron chi connectivity index (χ1n) is 15.1. The van der Waals surface area contributed by atoms with Gasteiger partial charge in [-0.15, -0.1) is 0 Å². The van der Waals surface area contributed by atoms with Crippen LogP contribution in [-0.4, -0.2) is 89.2 Å². The van der Waals surface area contributed by atoms with Crippen LogP contribution in [0.3, 0.4) is 0 Å². The molecule has 0 saturated carbocycles. The Balaban J connectivity index is 1.52. The average molecular weight is 580 g/mol. The van der Waals surface area contributed by atoms with E-state index in [0.717, 1.165) is 24.8 Å². The molecule has 10 nitrogen and oxygen atoms in total. The summed E-state index contributed by atoms with van der Waals surface area (Å²) in [5.74, 6) is -3.07. The fourth-order valence-corrected chi connectivity index (χ4v) is 6.69. The SMILES string of the molecule is CCCCCN1C/C=C\CCC(=O)OC[C@H](c2ccccc2)NC(=O)[C@@H]2[C@H]3C(=O)N(CCCO)[C@H](C1=O)[C@]31C=C[C@H]2O1. The van der Waals surface area contributed by atoms with E-state index in [0.29, 0.717) is 25.9 Å². The maximum atomic E-state index is 14.4. The molecule has 2 fully saturated rings. The Hall–Kier alpha value is -3.50. The van der Waals surface area contributed by atoms with Gasteiger partial charge in [0.05, 0.1) is 24.0 Å². The van der Waals surface area contributed by atoms with E-state index in [1.165, 1.54) is 4.90 Å². The maximum Gasteiger partial charge on any atom is 0.306 e. The molecule has 0 unspecified atom stereocenters. The van der Waals surface area contributed by atoms with Gasteiger partial charge in [-0.3, -0.25) is 19.2 Å². The summed E-state index contributed by atoms with van der Waals surface area (Å²) >= 11 is 0. The molecule has 5 bridgehead atoms. The lowest BCUT2D eigenvalue weighted by Gasteiger charge is -2.36. The summed E-state index contributed by atoms with van der Waals surface area (Å²) in [7, 11) is 0. The molecule has 2 saturated heterocycles. The number of ether oxygens (including phenoxy) is 2. The summed E-state index contributed by atoms with van der Waals surface area (Å²) in [5.41, 5.74) is -0.505. The molecule has 10 heteroatoms. The van der Waals surface area contributed by atoms with E-state index >= 15 is 0 Å². The molecular formula is C32H41N3O7. The van der Waals surface area contributed by atoms with Crippen LogP contribution in [0.25, 0.3) is 0 Å². The van der Waals surface area contributed by atoms with Crippen molar-refractivity contribution >= 4 is 23.7 Å². The van der Waals surface area contributed by atoms with Crippen LogP contribution in [0.5, 0.6) is 0 Å². The molecule has 4 aliphatic rings. The highest BCUT2D eigenvalue weighted by Gasteiger charge is 2.73. The number of aliphatic hydroxyl groups is 1. The summed E-state index contributed by atoms with van der Waals surface area (Å²) in [6.07, 6.45) is 10.4. The smallest absolute Gasteiger partial charge is 0.306 e. The Bertz CT molecular complexity index is 1220. The number of carbonyl (C=O) groups excluding carboxylic acids is 4. The van der Waals surface area contributed by atoms with Gasteiger partial charge in [0.2, 0.25) is 17.7 Å². The highest BCUT2D eigenvalue weighted by Crippen LogP contribution is 2.55. The third-order valence-electron chi connectivity index (χ3n) is 8.75. The van der Waals surface area contributed by atoms with Crippen molar-refractivity contribution in [2.45, 2.75) is 69.2 Å². The van der Waals surface area contributed by atoms with E-state index in [2.05, 4.69) is 12.2 Å². The second-order valence-corrected chi connectivity index (χ2v) is 11.5. The van der Waals surface area contributed by atoms with Gasteiger partial charge >= 0.3 is 5.97 Å². The van der Waals surface area contributed by atoms with Gasteiger partial charge in [0.15, 0.2) is 0 Å². The largest absolute Gasteiger partial charge is 0.463 e. The van der Waals surface area contributed by atoms with E-state index in [1.54, 1.807) is 17.1 Å². The topological polar surface area (TPSA) is 125 Å². The monoisotopic (exact) mass is 579 g/mol. The van der Waals surface area contributed by atoms with Crippen molar-refractivity contribution < 1.29 is 33.8 Å². The molecule has 4 heterocycles. The number of amides is 3. The number of likely N-dealkylation sites (tertiary alicyclic amines) is 1. The minimum Gasteiger partial charge on any atom is -0.463 e. The van der Waals surface area contributed by atoms with Gasteiger partial charge in [-0.25, -0.2) is 0 Å². The molecule has 42 heavy (non-hydrogen) atoms. The van der Waals surface area contributed by atoms with E-state index in [1.807, 2.05) is 42.5 Å². The first kappa shape index (κ1) is 30.0. The van der Waals surface area contributed by atoms with Crippen molar-refractivity contribution in [1.29, 1.82) is 0 Å². The average Bonchev–Trinajstić information content (AvgIpc) is 3.64. The van der Waals surface area contributed by atoms with Crippen LogP contribution in [0.2, 0.25) is 0 Å². The van der Waals surface area contributed by atoms with Gasteiger partial charge in [0, 0.05) is 32.7 Å². The van der Waals surface area contributed by atoms with E-state index < -0.39 is 41.5 Å². The molecule has 6 atom stereocenters. The molecule has 3 amide bonds. The highest BCUT2D eigenvalue weighted by atomic mass is 16.5. The van der Waals surface area contributed by atoms with Crippen molar-refractivity contribution in [2.75, 3.05) is 32.8 Å². The van der Waals surface area contributed by atoms with Crippen molar-refractivity contribution in [3.8, 4) is 0 Å². The Kier molecular flexibility index (Phi) is 9.43. The molecule has 1 spiro atoms. The summed E-state index contributed by atoms with van der Waals surface area (Å²) < 4.78 is 12.0. The van der Waals surface area contributed by atoms with Gasteiger partial charge in [-0.1, -0.05) is 74.4 Å². The number of unbranched alkanes of at least 4 members (excludes halogenated alkanes) is 2. The molecule has 0 radical (unpaired) electrons. The van der Waals surface area contributed by atoms with Crippen LogP contribution in [0.4, 0.5) is 0 Å². The van der Waals surface area contributed by atoms with Crippen molar-refractivity contribution in [3.05, 3.63) is 60.2 Å². The number of aliphatic hydroxyl groups excluding tert-OH is 1. The zero-order valence-electron chi connectivity index (χ0n) is 24.2. The molecule has 0 aliphatic carbocycles. The number of carbonyl (C=O) groups is 4. The number of fused-ring (bicyclic) bond motifs is 2. The van der Waals surface area contributed by atoms with Gasteiger partial charge in [0.1, 0.15) is 18.2 Å². The quantitative estimate of drug-likeness (QED) is 0.275. The summed E-state index contributed by atoms with van der Waals surface area (Å²) in [6.45, 7) is 2.92. The molecule has 0 aromatic heterocycles. The number of hydrogen-bond acceptors (Lipinski definition) is 7. The number of rotatable bonds is 8. The van der Waals surface area contributed by atoms with Gasteiger partial charge in [0.25, 0.3) is 0 Å². The first-order chi connectivity index (χ1) is 20.4. The number of hydrogen-bond donors (Lipinski definition) is 2. The van der Waals surface area contributed by atoms with Crippen LogP contribution in [0.1, 0.15) is 57.1 Å². The van der Waals surface area contributed by atoms with Crippen LogP contribution in [0.15, 0.2) is 54.6 Å². The Labute approximate surface area is 246 Å². The number of nitrogens with zero attached hydrogens (tertiary/aromatic N) is 2. The molecule has 4 aliphatic heterocycles. The van der Waals surface area contributed by atoms with Gasteiger partial charge < -0.3 is 29.7 Å². The van der Waals surface area contributed by atoms with Crippen LogP contribution < -0.4 is 5.32 Å². The molecule has 2 N–H and O–H groups in total. The number of benzene rings is 1. The van der Waals surface area contributed by atoms with E-state index in [4.69, 9.17) is 9.47 Å². The van der Waals surface area contributed by atoms with E-state index in [-0.39, 0.29) is 44.0 Å². The number of esters is 1. The predicted octanol–water partition coefficient (Wildman–Crippen LogP) is 2.29. The van der Waals surface area contributed by atoms with Gasteiger partial charge in [-0.2, -0.15) is 0 Å². The Morgan fingerprint density at radius 1 is 1.02 bits per heavy atom. The zero-order chi connectivity index (χ0) is 29.7. The second-order valence-electron chi connectivity index (χ2n) is 11.5. The standard InChI is InChI=1S/C32H41N3O7/c1-2-3-9-17-34-18-10-5-8-14-25(37)41-21-23(22-12-6-4-7-13-22)33-29(38)26-24-15-16-32(42-24)27(26)30(39)35(19-11-20-36)28(32)31(34)40/h4-7,10,12-13,15-16,23-24,26-28,36H,2-3,8-9,11,14,17-21H2,1H3,(H,33,38)/b10-5-/t23-,24-,26+,27+,28-,32+/m1/s1. The normalized spacial score (nSPS) is 32.2. The minimum absolute atomic E-state index is 0.0505. The molecule has 5 rings (SSSR count). The van der Waals surface area contributed by atoms with Gasteiger partial charge in [-0.05, 0) is 24.8 Å². The maximum absolute atomic E-state index is 14.4. The van der Waals surface area contributed by atoms with Crippen LogP contribution in [-0.2, 0) is 28.7 Å². The lowest BCUT2D eigenvalue weighted by atomic mass is 9.74. The fraction of sp³-hybridized carbons (Fsp3) is 0.562. The summed E-state index contributed by atoms with van der Waals surface area (Å²) in [5, 5.41) is 12.6. The third kappa shape index (κ3) is 5.74. The molecule has 1 aromatic rings. The predicted molar refractivity (Wildman–Crippen MR) is 154 cm³/mol. The second kappa shape index (κ2) is 13.2. The van der Waals surface area contributed by atoms with Crippen molar-refractivity contribution in [1.82, 2.24) is 15.1 Å². The Morgan fingerprint density at radius 2 is 1.83 bits per heavy atom. The molecular weight excluding hydrogens is 538 g/mol.